The molecule has 0 bridgehead atoms. The van der Waals surface area contributed by atoms with Crippen molar-refractivity contribution in [1.82, 2.24) is 5.32 Å². The van der Waals surface area contributed by atoms with Crippen molar-refractivity contribution in [3.05, 3.63) is 58.8 Å². The fraction of sp³-hybridized carbons (Fsp3) is 0.318. The molecule has 0 saturated carbocycles. The van der Waals surface area contributed by atoms with E-state index in [2.05, 4.69) is 17.1 Å². The molecule has 1 aromatic heterocycles. The predicted molar refractivity (Wildman–Crippen MR) is 109 cm³/mol. The molecule has 0 aliphatic carbocycles. The second-order valence-electron chi connectivity index (χ2n) is 6.91. The van der Waals surface area contributed by atoms with Crippen molar-refractivity contribution >= 4 is 16.7 Å². The zero-order chi connectivity index (χ0) is 18.8. The molecule has 1 saturated heterocycles. The van der Waals surface area contributed by atoms with E-state index >= 15 is 0 Å². The van der Waals surface area contributed by atoms with Gasteiger partial charge in [0.1, 0.15) is 17.1 Å². The van der Waals surface area contributed by atoms with Crippen molar-refractivity contribution in [1.29, 1.82) is 0 Å². The quantitative estimate of drug-likeness (QED) is 0.766. The lowest BCUT2D eigenvalue weighted by atomic mass is 10.1. The van der Waals surface area contributed by atoms with Gasteiger partial charge in [0.05, 0.1) is 12.0 Å². The van der Waals surface area contributed by atoms with Crippen LogP contribution in [-0.4, -0.2) is 32.3 Å². The fourth-order valence-electron chi connectivity index (χ4n) is 3.53. The van der Waals surface area contributed by atoms with Gasteiger partial charge in [0.25, 0.3) is 0 Å². The third kappa shape index (κ3) is 3.69. The van der Waals surface area contributed by atoms with Gasteiger partial charge >= 0.3 is 0 Å². The highest BCUT2D eigenvalue weighted by Gasteiger charge is 2.17. The first-order valence-corrected chi connectivity index (χ1v) is 9.43. The summed E-state index contributed by atoms with van der Waals surface area (Å²) in [4.78, 5) is 15.0. The van der Waals surface area contributed by atoms with Crippen LogP contribution in [0, 0.1) is 0 Å². The lowest BCUT2D eigenvalue weighted by Gasteiger charge is -2.33. The van der Waals surface area contributed by atoms with Gasteiger partial charge in [-0.2, -0.15) is 0 Å². The summed E-state index contributed by atoms with van der Waals surface area (Å²) in [6, 6.07) is 15.5. The summed E-state index contributed by atoms with van der Waals surface area (Å²) >= 11 is 0. The van der Waals surface area contributed by atoms with Crippen LogP contribution in [-0.2, 0) is 0 Å². The minimum atomic E-state index is -0.0230. The normalized spacial score (nSPS) is 17.3. The number of hydrogen-bond acceptors (Lipinski definition) is 5. The molecule has 4 rings (SSSR count). The van der Waals surface area contributed by atoms with Crippen molar-refractivity contribution < 1.29 is 9.15 Å². The van der Waals surface area contributed by atoms with Crippen LogP contribution in [0.5, 0.6) is 5.75 Å². The molecule has 1 atom stereocenters. The van der Waals surface area contributed by atoms with Gasteiger partial charge in [0, 0.05) is 43.0 Å². The Kier molecular flexibility index (Phi) is 4.86. The number of hydrogen-bond donors (Lipinski definition) is 1. The molecular weight excluding hydrogens is 340 g/mol. The summed E-state index contributed by atoms with van der Waals surface area (Å²) in [5, 5.41) is 4.06. The monoisotopic (exact) mass is 364 g/mol. The molecule has 1 fully saturated rings. The average Bonchev–Trinajstić information content (AvgIpc) is 2.68. The third-order valence-electron chi connectivity index (χ3n) is 4.89. The lowest BCUT2D eigenvalue weighted by molar-refractivity contribution is 0.340. The van der Waals surface area contributed by atoms with E-state index in [1.54, 1.807) is 6.07 Å². The smallest absolute Gasteiger partial charge is 0.193 e. The fourth-order valence-corrected chi connectivity index (χ4v) is 3.53. The molecule has 0 unspecified atom stereocenters. The first-order valence-electron chi connectivity index (χ1n) is 9.43. The SMILES string of the molecule is CCOc1ccc(-c2cc(=O)c3cc(N4CCN[C@@H](C)C4)ccc3o2)cc1. The maximum absolute atomic E-state index is 12.7. The number of piperazine rings is 1. The number of ether oxygens (including phenoxy) is 1. The standard InChI is InChI=1S/C22H24N2O3/c1-3-26-18-7-4-16(5-8-18)22-13-20(25)19-12-17(6-9-21(19)27-22)24-11-10-23-15(2)14-24/h4-9,12-13,15,23H,3,10-11,14H2,1-2H3/t15-/m0/s1. The number of anilines is 1. The van der Waals surface area contributed by atoms with Gasteiger partial charge < -0.3 is 19.4 Å². The highest BCUT2D eigenvalue weighted by atomic mass is 16.5. The molecule has 140 valence electrons. The van der Waals surface area contributed by atoms with Crippen molar-refractivity contribution in [3.8, 4) is 17.1 Å². The summed E-state index contributed by atoms with van der Waals surface area (Å²) in [7, 11) is 0. The first kappa shape index (κ1) is 17.6. The van der Waals surface area contributed by atoms with Gasteiger partial charge in [0.15, 0.2) is 5.43 Å². The Hall–Kier alpha value is -2.79. The van der Waals surface area contributed by atoms with E-state index in [9.17, 15) is 4.79 Å². The average molecular weight is 364 g/mol. The van der Waals surface area contributed by atoms with E-state index in [0.717, 1.165) is 36.6 Å². The van der Waals surface area contributed by atoms with Crippen LogP contribution >= 0.6 is 0 Å². The number of benzene rings is 2. The molecule has 27 heavy (non-hydrogen) atoms. The summed E-state index contributed by atoms with van der Waals surface area (Å²) in [6.07, 6.45) is 0. The lowest BCUT2D eigenvalue weighted by Crippen LogP contribution is -2.49. The van der Waals surface area contributed by atoms with Crippen LogP contribution in [0.3, 0.4) is 0 Å². The minimum Gasteiger partial charge on any atom is -0.494 e. The Labute approximate surface area is 158 Å². The van der Waals surface area contributed by atoms with Gasteiger partial charge in [-0.25, -0.2) is 0 Å². The van der Waals surface area contributed by atoms with Crippen LogP contribution in [0.15, 0.2) is 57.7 Å². The molecule has 5 nitrogen and oxygen atoms in total. The van der Waals surface area contributed by atoms with Crippen molar-refractivity contribution in [2.24, 2.45) is 0 Å². The molecule has 2 heterocycles. The van der Waals surface area contributed by atoms with Gasteiger partial charge in [-0.3, -0.25) is 4.79 Å². The zero-order valence-corrected chi connectivity index (χ0v) is 15.7. The zero-order valence-electron chi connectivity index (χ0n) is 15.7. The van der Waals surface area contributed by atoms with Gasteiger partial charge in [-0.05, 0) is 56.3 Å². The molecule has 0 radical (unpaired) electrons. The van der Waals surface area contributed by atoms with Crippen molar-refractivity contribution in [2.45, 2.75) is 19.9 Å². The van der Waals surface area contributed by atoms with Crippen LogP contribution < -0.4 is 20.4 Å². The van der Waals surface area contributed by atoms with Gasteiger partial charge in [-0.1, -0.05) is 0 Å². The van der Waals surface area contributed by atoms with Crippen LogP contribution in [0.25, 0.3) is 22.3 Å². The Morgan fingerprint density at radius 2 is 2.00 bits per heavy atom. The van der Waals surface area contributed by atoms with E-state index < -0.39 is 0 Å². The maximum Gasteiger partial charge on any atom is 0.193 e. The second-order valence-corrected chi connectivity index (χ2v) is 6.91. The largest absolute Gasteiger partial charge is 0.494 e. The summed E-state index contributed by atoms with van der Waals surface area (Å²) in [5.41, 5.74) is 2.51. The molecule has 5 heteroatoms. The number of fused-ring (bicyclic) bond motifs is 1. The summed E-state index contributed by atoms with van der Waals surface area (Å²) in [6.45, 7) is 7.56. The minimum absolute atomic E-state index is 0.0230. The van der Waals surface area contributed by atoms with E-state index in [1.165, 1.54) is 0 Å². The predicted octanol–water partition coefficient (Wildman–Crippen LogP) is 3.66. The van der Waals surface area contributed by atoms with Crippen LogP contribution in [0.2, 0.25) is 0 Å². The molecule has 1 aliphatic heterocycles. The van der Waals surface area contributed by atoms with Crippen LogP contribution in [0.1, 0.15) is 13.8 Å². The number of nitrogens with one attached hydrogen (secondary N) is 1. The van der Waals surface area contributed by atoms with Crippen LogP contribution in [0.4, 0.5) is 5.69 Å². The van der Waals surface area contributed by atoms with E-state index in [4.69, 9.17) is 9.15 Å². The number of rotatable bonds is 4. The highest BCUT2D eigenvalue weighted by molar-refractivity contribution is 5.82. The first-order chi connectivity index (χ1) is 13.1. The molecular formula is C22H24N2O3. The number of nitrogens with zero attached hydrogens (tertiary/aromatic N) is 1. The van der Waals surface area contributed by atoms with E-state index in [1.807, 2.05) is 49.4 Å². The Balaban J connectivity index is 1.68. The Bertz CT molecular complexity index is 995. The molecule has 0 spiro atoms. The topological polar surface area (TPSA) is 54.7 Å². The van der Waals surface area contributed by atoms with E-state index in [-0.39, 0.29) is 5.43 Å². The summed E-state index contributed by atoms with van der Waals surface area (Å²) < 4.78 is 11.5. The van der Waals surface area contributed by atoms with Crippen molar-refractivity contribution in [3.63, 3.8) is 0 Å². The molecule has 2 aromatic carbocycles. The summed E-state index contributed by atoms with van der Waals surface area (Å²) in [5.74, 6) is 1.37. The maximum atomic E-state index is 12.7. The van der Waals surface area contributed by atoms with Gasteiger partial charge in [0.2, 0.25) is 0 Å². The second kappa shape index (κ2) is 7.45. The van der Waals surface area contributed by atoms with Crippen molar-refractivity contribution in [2.75, 3.05) is 31.1 Å². The Morgan fingerprint density at radius 3 is 2.74 bits per heavy atom. The third-order valence-corrected chi connectivity index (χ3v) is 4.89. The molecule has 3 aromatic rings. The highest BCUT2D eigenvalue weighted by Crippen LogP contribution is 2.27. The Morgan fingerprint density at radius 1 is 1.19 bits per heavy atom. The molecule has 1 N–H and O–H groups in total. The van der Waals surface area contributed by atoms with Gasteiger partial charge in [-0.15, -0.1) is 0 Å². The molecule has 1 aliphatic rings. The molecule has 0 amide bonds. The van der Waals surface area contributed by atoms with E-state index in [0.29, 0.717) is 29.4 Å².